The van der Waals surface area contributed by atoms with E-state index in [0.717, 1.165) is 38.8 Å². The molecule has 4 nitrogen and oxygen atoms in total. The molecule has 24 heavy (non-hydrogen) atoms. The van der Waals surface area contributed by atoms with Crippen LogP contribution in [-0.2, 0) is 13.0 Å². The minimum absolute atomic E-state index is 0.0622. The Labute approximate surface area is 157 Å². The predicted octanol–water partition coefficient (Wildman–Crippen LogP) is 5.60. The van der Waals surface area contributed by atoms with Crippen molar-refractivity contribution < 1.29 is 9.90 Å². The summed E-state index contributed by atoms with van der Waals surface area (Å²) in [7, 11) is 0. The summed E-state index contributed by atoms with van der Waals surface area (Å²) in [6.45, 7) is 2.54. The van der Waals surface area contributed by atoms with Gasteiger partial charge < -0.3 is 9.67 Å². The Bertz CT molecular complexity index is 904. The van der Waals surface area contributed by atoms with Gasteiger partial charge in [0, 0.05) is 21.0 Å². The van der Waals surface area contributed by atoms with E-state index in [9.17, 15) is 9.90 Å². The van der Waals surface area contributed by atoms with E-state index in [2.05, 4.69) is 39.3 Å². The molecule has 3 rings (SSSR count). The summed E-state index contributed by atoms with van der Waals surface area (Å²) in [5, 5.41) is 12.8. The van der Waals surface area contributed by atoms with Crippen LogP contribution in [0.3, 0.4) is 0 Å². The highest BCUT2D eigenvalue weighted by Crippen LogP contribution is 2.33. The van der Waals surface area contributed by atoms with Crippen LogP contribution in [0.2, 0.25) is 5.15 Å². The van der Waals surface area contributed by atoms with Gasteiger partial charge in [0.15, 0.2) is 10.8 Å². The van der Waals surface area contributed by atoms with Crippen LogP contribution < -0.4 is 0 Å². The number of imidazole rings is 1. The van der Waals surface area contributed by atoms with Crippen molar-refractivity contribution in [3.63, 3.8) is 0 Å². The largest absolute Gasteiger partial charge is 0.476 e. The minimum atomic E-state index is -1.05. The lowest BCUT2D eigenvalue weighted by Crippen LogP contribution is -2.12. The topological polar surface area (TPSA) is 55.1 Å². The van der Waals surface area contributed by atoms with Crippen molar-refractivity contribution in [1.29, 1.82) is 0 Å². The number of aryl methyl sites for hydroxylation is 1. The summed E-state index contributed by atoms with van der Waals surface area (Å²) < 4.78 is 3.91. The molecule has 126 valence electrons. The van der Waals surface area contributed by atoms with Gasteiger partial charge in [0.2, 0.25) is 0 Å². The molecule has 2 aromatic heterocycles. The maximum atomic E-state index is 11.6. The third kappa shape index (κ3) is 3.23. The zero-order chi connectivity index (χ0) is 17.3. The maximum absolute atomic E-state index is 11.6. The number of carboxylic acids is 1. The highest BCUT2D eigenvalue weighted by atomic mass is 79.9. The molecule has 0 saturated carbocycles. The van der Waals surface area contributed by atoms with Gasteiger partial charge in [0.05, 0.1) is 6.54 Å². The Morgan fingerprint density at radius 3 is 2.96 bits per heavy atom. The Morgan fingerprint density at radius 1 is 1.46 bits per heavy atom. The molecular formula is C17H16BrClN2O2S. The quantitative estimate of drug-likeness (QED) is 0.557. The van der Waals surface area contributed by atoms with E-state index in [1.54, 1.807) is 15.9 Å². The number of carboxylic acid groups (broad SMARTS) is 1. The second-order valence-corrected chi connectivity index (χ2v) is 7.66. The Hall–Kier alpha value is -1.37. The summed E-state index contributed by atoms with van der Waals surface area (Å²) in [6.07, 6.45) is 2.67. The van der Waals surface area contributed by atoms with Gasteiger partial charge in [-0.25, -0.2) is 9.78 Å². The first-order valence-corrected chi connectivity index (χ1v) is 9.70. The molecule has 0 aliphatic carbocycles. The molecule has 0 bridgehead atoms. The van der Waals surface area contributed by atoms with Gasteiger partial charge in [-0.15, -0.1) is 11.3 Å². The van der Waals surface area contributed by atoms with Crippen molar-refractivity contribution in [2.45, 2.75) is 32.7 Å². The number of halogens is 2. The molecule has 0 aliphatic heterocycles. The van der Waals surface area contributed by atoms with E-state index in [0.29, 0.717) is 13.0 Å². The molecule has 1 N–H and O–H groups in total. The van der Waals surface area contributed by atoms with Crippen molar-refractivity contribution in [3.8, 4) is 0 Å². The Balaban J connectivity index is 2.09. The summed E-state index contributed by atoms with van der Waals surface area (Å²) in [4.78, 5) is 15.9. The van der Waals surface area contributed by atoms with Crippen LogP contribution in [0.25, 0.3) is 10.1 Å². The van der Waals surface area contributed by atoms with Gasteiger partial charge in [0.25, 0.3) is 0 Å². The number of thiophene rings is 1. The number of hydrogen-bond donors (Lipinski definition) is 1. The lowest BCUT2D eigenvalue weighted by atomic mass is 10.1. The van der Waals surface area contributed by atoms with E-state index in [-0.39, 0.29) is 10.8 Å². The monoisotopic (exact) mass is 426 g/mol. The van der Waals surface area contributed by atoms with Crippen molar-refractivity contribution in [2.75, 3.05) is 0 Å². The third-order valence-electron chi connectivity index (χ3n) is 3.91. The highest BCUT2D eigenvalue weighted by molar-refractivity contribution is 9.10. The fourth-order valence-electron chi connectivity index (χ4n) is 2.76. The van der Waals surface area contributed by atoms with Crippen LogP contribution in [0, 0.1) is 0 Å². The number of fused-ring (bicyclic) bond motifs is 1. The molecule has 0 fully saturated rings. The van der Waals surface area contributed by atoms with Crippen molar-refractivity contribution >= 4 is 54.9 Å². The number of benzene rings is 1. The van der Waals surface area contributed by atoms with E-state index in [1.165, 1.54) is 0 Å². The number of carbonyl (C=O) groups is 1. The van der Waals surface area contributed by atoms with E-state index >= 15 is 0 Å². The third-order valence-corrected chi connectivity index (χ3v) is 5.83. The molecule has 0 atom stereocenters. The van der Waals surface area contributed by atoms with Gasteiger partial charge in [-0.1, -0.05) is 46.9 Å². The Kier molecular flexibility index (Phi) is 5.27. The molecule has 0 amide bonds. The second-order valence-electron chi connectivity index (χ2n) is 5.54. The summed E-state index contributed by atoms with van der Waals surface area (Å²) in [6, 6.07) is 6.05. The normalized spacial score (nSPS) is 11.3. The zero-order valence-corrected chi connectivity index (χ0v) is 16.2. The first-order valence-electron chi connectivity index (χ1n) is 7.65. The molecule has 0 saturated heterocycles. The fourth-order valence-corrected chi connectivity index (χ4v) is 4.77. The van der Waals surface area contributed by atoms with Crippen LogP contribution >= 0.6 is 38.9 Å². The minimum Gasteiger partial charge on any atom is -0.476 e. The predicted molar refractivity (Wildman–Crippen MR) is 101 cm³/mol. The molecule has 7 heteroatoms. The Morgan fingerprint density at radius 2 is 2.25 bits per heavy atom. The van der Waals surface area contributed by atoms with Crippen molar-refractivity contribution in [3.05, 3.63) is 50.3 Å². The van der Waals surface area contributed by atoms with Crippen LogP contribution in [-0.4, -0.2) is 20.6 Å². The van der Waals surface area contributed by atoms with Crippen LogP contribution in [0.1, 0.15) is 41.6 Å². The average Bonchev–Trinajstić information content (AvgIpc) is 3.08. The SMILES string of the molecule is CCCCc1nc(Cl)c(C(=O)O)n1Cc1csc2cccc(Br)c12. The number of aromatic carboxylic acids is 1. The number of rotatable bonds is 6. The van der Waals surface area contributed by atoms with E-state index < -0.39 is 5.97 Å². The molecule has 0 unspecified atom stereocenters. The molecule has 0 aliphatic rings. The smallest absolute Gasteiger partial charge is 0.355 e. The van der Waals surface area contributed by atoms with Gasteiger partial charge in [-0.05, 0) is 29.5 Å². The molecule has 0 spiro atoms. The molecule has 2 heterocycles. The standard InChI is InChI=1S/C17H16BrClN2O2S/c1-2-3-7-13-20-16(19)15(17(22)23)21(13)8-10-9-24-12-6-4-5-11(18)14(10)12/h4-6,9H,2-3,7-8H2,1H3,(H,22,23). The van der Waals surface area contributed by atoms with Crippen LogP contribution in [0.5, 0.6) is 0 Å². The zero-order valence-electron chi connectivity index (χ0n) is 13.1. The molecule has 1 aromatic carbocycles. The molecule has 0 radical (unpaired) electrons. The first kappa shape index (κ1) is 17.5. The average molecular weight is 428 g/mol. The van der Waals surface area contributed by atoms with Crippen LogP contribution in [0.15, 0.2) is 28.1 Å². The number of nitrogens with zero attached hydrogens (tertiary/aromatic N) is 2. The first-order chi connectivity index (χ1) is 11.5. The van der Waals surface area contributed by atoms with Gasteiger partial charge in [-0.3, -0.25) is 0 Å². The second kappa shape index (κ2) is 7.25. The van der Waals surface area contributed by atoms with Crippen molar-refractivity contribution in [2.24, 2.45) is 0 Å². The van der Waals surface area contributed by atoms with E-state index in [1.807, 2.05) is 12.1 Å². The lowest BCUT2D eigenvalue weighted by Gasteiger charge is -2.10. The number of hydrogen-bond acceptors (Lipinski definition) is 3. The number of aromatic nitrogens is 2. The van der Waals surface area contributed by atoms with Crippen LogP contribution in [0.4, 0.5) is 0 Å². The summed E-state index contributed by atoms with van der Waals surface area (Å²) in [5.41, 5.74) is 1.13. The lowest BCUT2D eigenvalue weighted by molar-refractivity contribution is 0.0685. The maximum Gasteiger partial charge on any atom is 0.355 e. The van der Waals surface area contributed by atoms with Crippen molar-refractivity contribution in [1.82, 2.24) is 9.55 Å². The van der Waals surface area contributed by atoms with Gasteiger partial charge in [0.1, 0.15) is 5.82 Å². The summed E-state index contributed by atoms with van der Waals surface area (Å²) >= 11 is 11.3. The van der Waals surface area contributed by atoms with Gasteiger partial charge >= 0.3 is 5.97 Å². The molecule has 3 aromatic rings. The highest BCUT2D eigenvalue weighted by Gasteiger charge is 2.22. The number of unbranched alkanes of at least 4 members (excludes halogenated alkanes) is 1. The summed E-state index contributed by atoms with van der Waals surface area (Å²) in [5.74, 6) is -0.320. The molecular weight excluding hydrogens is 412 g/mol. The van der Waals surface area contributed by atoms with E-state index in [4.69, 9.17) is 11.6 Å². The van der Waals surface area contributed by atoms with Gasteiger partial charge in [-0.2, -0.15) is 0 Å². The fraction of sp³-hybridized carbons (Fsp3) is 0.294.